The van der Waals surface area contributed by atoms with Gasteiger partial charge in [-0.15, -0.1) is 0 Å². The highest BCUT2D eigenvalue weighted by Gasteiger charge is 2.38. The Kier molecular flexibility index (Phi) is 12.2. The van der Waals surface area contributed by atoms with Crippen LogP contribution in [0.3, 0.4) is 0 Å². The van der Waals surface area contributed by atoms with E-state index in [4.69, 9.17) is 46.9 Å². The molecule has 3 atom stereocenters. The van der Waals surface area contributed by atoms with Crippen molar-refractivity contribution in [3.8, 4) is 17.2 Å². The summed E-state index contributed by atoms with van der Waals surface area (Å²) in [6.45, 7) is 3.68. The van der Waals surface area contributed by atoms with Gasteiger partial charge in [0.05, 0.1) is 44.1 Å². The maximum Gasteiger partial charge on any atom is 0.328 e. The molecule has 4 heterocycles. The van der Waals surface area contributed by atoms with E-state index in [2.05, 4.69) is 21.3 Å². The minimum Gasteiger partial charge on any atom is -0.496 e. The second-order valence-electron chi connectivity index (χ2n) is 12.7. The SMILES string of the molecule is COc1ccc([C@H](Cc2c(Cl)cncc2Cl)OCc2cccc(CNC(C(=O)O[C@H]3CN4CCC3CC4)c3ccccc3OC)c2)cc1OC. The van der Waals surface area contributed by atoms with E-state index in [0.29, 0.717) is 52.8 Å². The van der Waals surface area contributed by atoms with Crippen molar-refractivity contribution in [3.63, 3.8) is 0 Å². The normalized spacial score (nSPS) is 19.4. The minimum absolute atomic E-state index is 0.0972. The molecule has 0 aliphatic carbocycles. The summed E-state index contributed by atoms with van der Waals surface area (Å²) in [5.41, 5.74) is 4.32. The molecule has 4 aromatic rings. The number of hydrogen-bond donors (Lipinski definition) is 1. The molecule has 3 aliphatic heterocycles. The van der Waals surface area contributed by atoms with Crippen molar-refractivity contribution in [1.82, 2.24) is 15.2 Å². The second kappa shape index (κ2) is 16.9. The van der Waals surface area contributed by atoms with Crippen LogP contribution in [0.2, 0.25) is 10.0 Å². The zero-order valence-electron chi connectivity index (χ0n) is 28.6. The number of methoxy groups -OCH3 is 3. The lowest BCUT2D eigenvalue weighted by molar-refractivity contribution is -0.161. The number of piperidine rings is 3. The van der Waals surface area contributed by atoms with Gasteiger partial charge in [0.1, 0.15) is 17.9 Å². The summed E-state index contributed by atoms with van der Waals surface area (Å²) in [4.78, 5) is 20.3. The Morgan fingerprint density at radius 2 is 1.60 bits per heavy atom. The van der Waals surface area contributed by atoms with Gasteiger partial charge in [0.2, 0.25) is 0 Å². The highest BCUT2D eigenvalue weighted by atomic mass is 35.5. The number of aromatic nitrogens is 1. The first-order valence-electron chi connectivity index (χ1n) is 16.8. The van der Waals surface area contributed by atoms with Crippen molar-refractivity contribution in [2.45, 2.75) is 50.7 Å². The minimum atomic E-state index is -0.703. The van der Waals surface area contributed by atoms with Crippen molar-refractivity contribution < 1.29 is 28.5 Å². The molecule has 264 valence electrons. The van der Waals surface area contributed by atoms with Crippen molar-refractivity contribution in [3.05, 3.63) is 117 Å². The fourth-order valence-electron chi connectivity index (χ4n) is 6.88. The number of pyridine rings is 1. The Morgan fingerprint density at radius 1 is 0.880 bits per heavy atom. The third kappa shape index (κ3) is 8.53. The molecule has 0 radical (unpaired) electrons. The molecule has 1 aromatic heterocycles. The quantitative estimate of drug-likeness (QED) is 0.126. The van der Waals surface area contributed by atoms with Gasteiger partial charge >= 0.3 is 5.97 Å². The first kappa shape index (κ1) is 35.9. The molecular weight excluding hydrogens is 677 g/mol. The maximum absolute atomic E-state index is 13.8. The smallest absolute Gasteiger partial charge is 0.328 e. The number of nitrogens with one attached hydrogen (secondary N) is 1. The zero-order valence-corrected chi connectivity index (χ0v) is 30.1. The average Bonchev–Trinajstić information content (AvgIpc) is 3.15. The number of carbonyl (C=O) groups is 1. The number of hydrogen-bond acceptors (Lipinski definition) is 9. The van der Waals surface area contributed by atoms with Gasteiger partial charge in [0, 0.05) is 37.5 Å². The molecule has 0 amide bonds. The summed E-state index contributed by atoms with van der Waals surface area (Å²) >= 11 is 13.0. The molecule has 50 heavy (non-hydrogen) atoms. The molecule has 11 heteroatoms. The Balaban J connectivity index is 1.18. The number of fused-ring (bicyclic) bond motifs is 3. The van der Waals surface area contributed by atoms with Gasteiger partial charge in [-0.25, -0.2) is 4.79 Å². The topological polar surface area (TPSA) is 91.4 Å². The van der Waals surface area contributed by atoms with Crippen LogP contribution in [0.5, 0.6) is 17.2 Å². The summed E-state index contributed by atoms with van der Waals surface area (Å²) in [6.07, 6.45) is 5.19. The predicted molar refractivity (Wildman–Crippen MR) is 193 cm³/mol. The first-order chi connectivity index (χ1) is 24.4. The summed E-state index contributed by atoms with van der Waals surface area (Å²) in [5, 5.41) is 4.41. The Hall–Kier alpha value is -3.86. The maximum atomic E-state index is 13.8. The van der Waals surface area contributed by atoms with E-state index in [0.717, 1.165) is 60.3 Å². The summed E-state index contributed by atoms with van der Waals surface area (Å²) in [5.74, 6) is 1.96. The second-order valence-corrected chi connectivity index (χ2v) is 13.5. The molecule has 2 bridgehead atoms. The van der Waals surface area contributed by atoms with E-state index in [9.17, 15) is 4.79 Å². The lowest BCUT2D eigenvalue weighted by Crippen LogP contribution is -2.52. The number of carbonyl (C=O) groups excluding carboxylic acids is 1. The van der Waals surface area contributed by atoms with E-state index < -0.39 is 12.1 Å². The number of halogens is 2. The fraction of sp³-hybridized carbons (Fsp3) is 0.385. The predicted octanol–water partition coefficient (Wildman–Crippen LogP) is 7.38. The highest BCUT2D eigenvalue weighted by molar-refractivity contribution is 6.35. The van der Waals surface area contributed by atoms with Crippen LogP contribution in [0.4, 0.5) is 0 Å². The third-order valence-corrected chi connectivity index (χ3v) is 10.3. The fourth-order valence-corrected chi connectivity index (χ4v) is 7.40. The van der Waals surface area contributed by atoms with Crippen LogP contribution in [0.25, 0.3) is 0 Å². The number of para-hydroxylation sites is 1. The number of nitrogens with zero attached hydrogens (tertiary/aromatic N) is 2. The molecule has 1 N–H and O–H groups in total. The summed E-state index contributed by atoms with van der Waals surface area (Å²) in [7, 11) is 4.82. The standard InChI is InChI=1S/C39H43Cl2N3O6/c1-46-33-10-5-4-9-29(33)38(39(45)50-37-23-44-15-13-27(37)14-16-44)43-20-25-7-6-8-26(17-25)24-49-35(19-30-31(40)21-42-22-32(30)41)28-11-12-34(47-2)36(18-28)48-3/h4-12,17-18,21-22,27,35,37-38,43H,13-16,19-20,23-24H2,1-3H3/t35-,37-,38?/m0/s1. The van der Waals surface area contributed by atoms with E-state index in [1.54, 1.807) is 33.7 Å². The van der Waals surface area contributed by atoms with Crippen LogP contribution >= 0.6 is 23.2 Å². The van der Waals surface area contributed by atoms with E-state index in [1.165, 1.54) is 0 Å². The lowest BCUT2D eigenvalue weighted by Gasteiger charge is -2.44. The van der Waals surface area contributed by atoms with E-state index in [1.807, 2.05) is 60.7 Å². The molecular formula is C39H43Cl2N3O6. The zero-order chi connectivity index (χ0) is 35.0. The number of rotatable bonds is 15. The largest absolute Gasteiger partial charge is 0.496 e. The number of ether oxygens (including phenoxy) is 5. The molecule has 3 aliphatic rings. The van der Waals surface area contributed by atoms with Crippen LogP contribution in [0, 0.1) is 5.92 Å². The summed E-state index contributed by atoms with van der Waals surface area (Å²) in [6, 6.07) is 20.7. The van der Waals surface area contributed by atoms with E-state index in [-0.39, 0.29) is 12.1 Å². The first-order valence-corrected chi connectivity index (χ1v) is 17.6. The molecule has 0 saturated carbocycles. The van der Waals surface area contributed by atoms with Gasteiger partial charge in [-0.05, 0) is 72.3 Å². The van der Waals surface area contributed by atoms with Gasteiger partial charge < -0.3 is 23.7 Å². The van der Waals surface area contributed by atoms with Crippen LogP contribution in [0.15, 0.2) is 79.1 Å². The Bertz CT molecular complexity index is 1750. The number of benzene rings is 3. The van der Waals surface area contributed by atoms with Crippen LogP contribution < -0.4 is 19.5 Å². The van der Waals surface area contributed by atoms with Crippen LogP contribution in [-0.2, 0) is 33.8 Å². The van der Waals surface area contributed by atoms with Crippen molar-refractivity contribution >= 4 is 29.2 Å². The summed E-state index contributed by atoms with van der Waals surface area (Å²) < 4.78 is 29.5. The van der Waals surface area contributed by atoms with Crippen molar-refractivity contribution in [1.29, 1.82) is 0 Å². The van der Waals surface area contributed by atoms with Gasteiger partial charge in [-0.2, -0.15) is 0 Å². The van der Waals surface area contributed by atoms with Crippen molar-refractivity contribution in [2.75, 3.05) is 41.0 Å². The molecule has 3 saturated heterocycles. The average molecular weight is 721 g/mol. The molecule has 1 unspecified atom stereocenters. The van der Waals surface area contributed by atoms with Crippen LogP contribution in [0.1, 0.15) is 52.8 Å². The monoisotopic (exact) mass is 719 g/mol. The Morgan fingerprint density at radius 3 is 2.30 bits per heavy atom. The van der Waals surface area contributed by atoms with Crippen LogP contribution in [-0.4, -0.2) is 62.9 Å². The highest BCUT2D eigenvalue weighted by Crippen LogP contribution is 2.36. The van der Waals surface area contributed by atoms with Gasteiger partial charge in [0.25, 0.3) is 0 Å². The lowest BCUT2D eigenvalue weighted by atomic mass is 9.86. The molecule has 0 spiro atoms. The van der Waals surface area contributed by atoms with Crippen molar-refractivity contribution in [2.24, 2.45) is 5.92 Å². The number of esters is 1. The molecule has 3 aromatic carbocycles. The molecule has 3 fully saturated rings. The van der Waals surface area contributed by atoms with Gasteiger partial charge in [0.15, 0.2) is 11.5 Å². The van der Waals surface area contributed by atoms with Gasteiger partial charge in [-0.3, -0.25) is 15.2 Å². The van der Waals surface area contributed by atoms with E-state index >= 15 is 0 Å². The van der Waals surface area contributed by atoms with Gasteiger partial charge in [-0.1, -0.05) is 71.7 Å². The molecule has 7 rings (SSSR count). The third-order valence-electron chi connectivity index (χ3n) is 9.62. The Labute approximate surface area is 303 Å². The molecule has 9 nitrogen and oxygen atoms in total.